The van der Waals surface area contributed by atoms with Crippen LogP contribution in [-0.2, 0) is 30.5 Å². The summed E-state index contributed by atoms with van der Waals surface area (Å²) in [6.45, 7) is 5.68. The first-order chi connectivity index (χ1) is 20.4. The van der Waals surface area contributed by atoms with Gasteiger partial charge < -0.3 is 14.2 Å². The Kier molecular flexibility index (Phi) is 22.5. The van der Waals surface area contributed by atoms with Crippen molar-refractivity contribution in [2.75, 3.05) is 13.2 Å². The molecule has 1 aromatic rings. The molecule has 0 unspecified atom stereocenters. The molecule has 1 heterocycles. The molecule has 0 saturated heterocycles. The zero-order chi connectivity index (χ0) is 30.8. The second-order valence-corrected chi connectivity index (χ2v) is 11.5. The van der Waals surface area contributed by atoms with Crippen molar-refractivity contribution >= 4 is 11.9 Å². The first-order valence-electron chi connectivity index (χ1n) is 16.6. The van der Waals surface area contributed by atoms with Crippen molar-refractivity contribution in [2.24, 2.45) is 0 Å². The van der Waals surface area contributed by atoms with E-state index in [-0.39, 0.29) is 31.9 Å². The van der Waals surface area contributed by atoms with Crippen LogP contribution in [0.15, 0.2) is 15.8 Å². The maximum absolute atomic E-state index is 12.3. The summed E-state index contributed by atoms with van der Waals surface area (Å²) >= 11 is 0. The molecule has 0 amide bonds. The number of ether oxygens (including phenoxy) is 3. The van der Waals surface area contributed by atoms with E-state index in [0.717, 1.165) is 38.5 Å². The predicted octanol–water partition coefficient (Wildman–Crippen LogP) is 7.12. The lowest BCUT2D eigenvalue weighted by molar-refractivity contribution is -0.157. The predicted molar refractivity (Wildman–Crippen MR) is 167 cm³/mol. The van der Waals surface area contributed by atoms with Crippen molar-refractivity contribution < 1.29 is 23.8 Å². The first kappa shape index (κ1) is 37.6. The van der Waals surface area contributed by atoms with E-state index >= 15 is 0 Å². The normalized spacial score (nSPS) is 11.2. The van der Waals surface area contributed by atoms with Gasteiger partial charge >= 0.3 is 17.6 Å². The minimum absolute atomic E-state index is 0.0847. The molecule has 0 fully saturated rings. The van der Waals surface area contributed by atoms with Gasteiger partial charge in [-0.05, 0) is 19.8 Å². The molecule has 0 aromatic carbocycles. The zero-order valence-electron chi connectivity index (χ0n) is 26.7. The van der Waals surface area contributed by atoms with Gasteiger partial charge in [-0.25, -0.2) is 4.79 Å². The number of aromatic nitrogens is 2. The molecule has 1 aromatic heterocycles. The highest BCUT2D eigenvalue weighted by atomic mass is 16.6. The van der Waals surface area contributed by atoms with Crippen molar-refractivity contribution in [2.45, 2.75) is 162 Å². The summed E-state index contributed by atoms with van der Waals surface area (Å²) in [7, 11) is 0. The SMILES string of the molecule is CCCCCCCCCCCC(=O)OCC(COC(=O)CCCCCCCCCCC)OCn1cc(C)c(=O)[nH]c1=O. The van der Waals surface area contributed by atoms with Crippen molar-refractivity contribution in [1.82, 2.24) is 9.55 Å². The van der Waals surface area contributed by atoms with Crippen LogP contribution in [0.4, 0.5) is 0 Å². The lowest BCUT2D eigenvalue weighted by Gasteiger charge is -2.19. The monoisotopic (exact) mass is 594 g/mol. The van der Waals surface area contributed by atoms with Crippen LogP contribution >= 0.6 is 0 Å². The Labute approximate surface area is 253 Å². The third kappa shape index (κ3) is 19.7. The molecule has 0 aliphatic heterocycles. The van der Waals surface area contributed by atoms with Gasteiger partial charge in [-0.3, -0.25) is 23.9 Å². The van der Waals surface area contributed by atoms with Crippen LogP contribution in [0.5, 0.6) is 0 Å². The third-order valence-corrected chi connectivity index (χ3v) is 7.47. The Hall–Kier alpha value is -2.42. The summed E-state index contributed by atoms with van der Waals surface area (Å²) in [4.78, 5) is 50.6. The Morgan fingerprint density at radius 1 is 0.690 bits per heavy atom. The standard InChI is InChI=1S/C33H58N2O7/c1-4-6-8-10-12-14-16-18-20-22-30(36)40-25-29(42-27-35-24-28(3)32(38)34-33(35)39)26-41-31(37)23-21-19-17-15-13-11-9-7-5-2/h24,29H,4-23,25-27H2,1-3H3,(H,34,38,39). The van der Waals surface area contributed by atoms with Gasteiger partial charge in [-0.15, -0.1) is 0 Å². The van der Waals surface area contributed by atoms with Crippen LogP contribution in [0.3, 0.4) is 0 Å². The van der Waals surface area contributed by atoms with Crippen molar-refractivity contribution in [3.05, 3.63) is 32.6 Å². The number of carbonyl (C=O) groups excluding carboxylic acids is 2. The van der Waals surface area contributed by atoms with Gasteiger partial charge in [0.2, 0.25) is 0 Å². The topological polar surface area (TPSA) is 117 Å². The molecule has 1 N–H and O–H groups in total. The minimum atomic E-state index is -0.733. The number of aromatic amines is 1. The summed E-state index contributed by atoms with van der Waals surface area (Å²) in [6, 6.07) is 0. The van der Waals surface area contributed by atoms with Crippen molar-refractivity contribution in [3.63, 3.8) is 0 Å². The maximum Gasteiger partial charge on any atom is 0.330 e. The fraction of sp³-hybridized carbons (Fsp3) is 0.818. The summed E-state index contributed by atoms with van der Waals surface area (Å²) in [6.07, 6.45) is 22.3. The molecule has 0 aliphatic rings. The van der Waals surface area contributed by atoms with Gasteiger partial charge in [0.25, 0.3) is 5.56 Å². The highest BCUT2D eigenvalue weighted by Crippen LogP contribution is 2.12. The number of nitrogens with zero attached hydrogens (tertiary/aromatic N) is 1. The van der Waals surface area contributed by atoms with Crippen LogP contribution in [0.2, 0.25) is 0 Å². The van der Waals surface area contributed by atoms with E-state index in [0.29, 0.717) is 18.4 Å². The van der Waals surface area contributed by atoms with Gasteiger partial charge in [-0.2, -0.15) is 0 Å². The third-order valence-electron chi connectivity index (χ3n) is 7.47. The Balaban J connectivity index is 2.41. The molecular weight excluding hydrogens is 536 g/mol. The maximum atomic E-state index is 12.3. The molecule has 0 spiro atoms. The molecule has 9 heteroatoms. The summed E-state index contributed by atoms with van der Waals surface area (Å²) < 4.78 is 17.9. The molecule has 0 aliphatic carbocycles. The van der Waals surface area contributed by atoms with E-state index in [1.807, 2.05) is 0 Å². The van der Waals surface area contributed by atoms with E-state index < -0.39 is 17.4 Å². The van der Waals surface area contributed by atoms with E-state index in [9.17, 15) is 19.2 Å². The van der Waals surface area contributed by atoms with E-state index in [1.54, 1.807) is 6.92 Å². The van der Waals surface area contributed by atoms with E-state index in [4.69, 9.17) is 14.2 Å². The van der Waals surface area contributed by atoms with Crippen molar-refractivity contribution in [1.29, 1.82) is 0 Å². The number of aryl methyl sites for hydroxylation is 1. The second kappa shape index (κ2) is 25.1. The molecule has 242 valence electrons. The number of unbranched alkanes of at least 4 members (excludes halogenated alkanes) is 16. The first-order valence-corrected chi connectivity index (χ1v) is 16.6. The Bertz CT molecular complexity index is 918. The lowest BCUT2D eigenvalue weighted by Crippen LogP contribution is -2.34. The lowest BCUT2D eigenvalue weighted by atomic mass is 10.1. The minimum Gasteiger partial charge on any atom is -0.463 e. The second-order valence-electron chi connectivity index (χ2n) is 11.5. The molecule has 1 rings (SSSR count). The summed E-state index contributed by atoms with van der Waals surface area (Å²) in [5.74, 6) is -0.630. The number of H-pyrrole nitrogens is 1. The molecule has 9 nitrogen and oxygen atoms in total. The molecule has 0 bridgehead atoms. The average Bonchev–Trinajstić information content (AvgIpc) is 2.97. The molecule has 0 saturated carbocycles. The fourth-order valence-electron chi connectivity index (χ4n) is 4.72. The number of rotatable bonds is 27. The number of hydrogen-bond donors (Lipinski definition) is 1. The highest BCUT2D eigenvalue weighted by Gasteiger charge is 2.17. The molecule has 0 atom stereocenters. The molecule has 0 radical (unpaired) electrons. The number of carbonyl (C=O) groups is 2. The molecular formula is C33H58N2O7. The van der Waals surface area contributed by atoms with Crippen LogP contribution in [0, 0.1) is 6.92 Å². The molecule has 42 heavy (non-hydrogen) atoms. The summed E-state index contributed by atoms with van der Waals surface area (Å²) in [5, 5.41) is 0. The van der Waals surface area contributed by atoms with Gasteiger partial charge in [0.05, 0.1) is 0 Å². The van der Waals surface area contributed by atoms with E-state index in [2.05, 4.69) is 18.8 Å². The van der Waals surface area contributed by atoms with Gasteiger partial charge in [0, 0.05) is 24.6 Å². The average molecular weight is 595 g/mol. The van der Waals surface area contributed by atoms with Crippen LogP contribution in [0.1, 0.15) is 148 Å². The largest absolute Gasteiger partial charge is 0.463 e. The van der Waals surface area contributed by atoms with Crippen LogP contribution in [0.25, 0.3) is 0 Å². The zero-order valence-corrected chi connectivity index (χ0v) is 26.7. The number of nitrogens with one attached hydrogen (secondary N) is 1. The number of esters is 2. The smallest absolute Gasteiger partial charge is 0.330 e. The van der Waals surface area contributed by atoms with Gasteiger partial charge in [0.15, 0.2) is 0 Å². The Morgan fingerprint density at radius 2 is 1.10 bits per heavy atom. The fourth-order valence-corrected chi connectivity index (χ4v) is 4.72. The Morgan fingerprint density at radius 3 is 1.52 bits per heavy atom. The highest BCUT2D eigenvalue weighted by molar-refractivity contribution is 5.69. The van der Waals surface area contributed by atoms with Gasteiger partial charge in [-0.1, -0.05) is 117 Å². The van der Waals surface area contributed by atoms with Crippen LogP contribution < -0.4 is 11.2 Å². The quantitative estimate of drug-likeness (QED) is 0.0851. The van der Waals surface area contributed by atoms with Gasteiger partial charge in [0.1, 0.15) is 26.0 Å². The van der Waals surface area contributed by atoms with Crippen LogP contribution in [-0.4, -0.2) is 40.8 Å². The number of hydrogen-bond acceptors (Lipinski definition) is 7. The summed E-state index contributed by atoms with van der Waals surface area (Å²) in [5.41, 5.74) is -0.688. The van der Waals surface area contributed by atoms with E-state index in [1.165, 1.54) is 87.8 Å². The van der Waals surface area contributed by atoms with Crippen molar-refractivity contribution in [3.8, 4) is 0 Å².